The molecular weight excluding hydrogens is 156 g/mol. The molecule has 0 fully saturated rings. The minimum atomic E-state index is -0.997. The van der Waals surface area contributed by atoms with Gasteiger partial charge < -0.3 is 10.2 Å². The third-order valence-electron chi connectivity index (χ3n) is 1.68. The summed E-state index contributed by atoms with van der Waals surface area (Å²) in [4.78, 5) is 10.6. The highest BCUT2D eigenvalue weighted by molar-refractivity contribution is 5.76. The minimum Gasteiger partial charge on any atom is -0.481 e. The maximum atomic E-state index is 10.6. The van der Waals surface area contributed by atoms with Crippen molar-refractivity contribution in [3.05, 3.63) is 35.9 Å². The van der Waals surface area contributed by atoms with Crippen LogP contribution in [0.5, 0.6) is 0 Å². The summed E-state index contributed by atoms with van der Waals surface area (Å²) >= 11 is 0. The molecule has 0 unspecified atom stereocenters. The van der Waals surface area contributed by atoms with Gasteiger partial charge in [-0.15, -0.1) is 0 Å². The number of carboxylic acids is 1. The van der Waals surface area contributed by atoms with Gasteiger partial charge in [0.25, 0.3) is 0 Å². The third-order valence-corrected chi connectivity index (χ3v) is 1.68. The Hall–Kier alpha value is -1.35. The topological polar surface area (TPSA) is 57.5 Å². The Bertz CT molecular complexity index is 256. The van der Waals surface area contributed by atoms with E-state index in [1.165, 1.54) is 0 Å². The summed E-state index contributed by atoms with van der Waals surface area (Å²) in [5, 5.41) is 17.4. The van der Waals surface area contributed by atoms with Gasteiger partial charge in [0.1, 0.15) is 5.92 Å². The van der Waals surface area contributed by atoms with Crippen molar-refractivity contribution < 1.29 is 15.0 Å². The van der Waals surface area contributed by atoms with Crippen molar-refractivity contribution in [3.63, 3.8) is 0 Å². The van der Waals surface area contributed by atoms with Gasteiger partial charge in [0.2, 0.25) is 0 Å². The van der Waals surface area contributed by atoms with Gasteiger partial charge >= 0.3 is 5.97 Å². The van der Waals surface area contributed by atoms with Gasteiger partial charge in [-0.2, -0.15) is 0 Å². The van der Waals surface area contributed by atoms with E-state index in [-0.39, 0.29) is 6.61 Å². The van der Waals surface area contributed by atoms with E-state index in [0.29, 0.717) is 5.56 Å². The van der Waals surface area contributed by atoms with Crippen molar-refractivity contribution in [2.45, 2.75) is 5.92 Å². The van der Waals surface area contributed by atoms with Crippen LogP contribution in [-0.2, 0) is 4.79 Å². The fourth-order valence-corrected chi connectivity index (χ4v) is 1.01. The second kappa shape index (κ2) is 3.88. The van der Waals surface area contributed by atoms with Crippen molar-refractivity contribution in [2.24, 2.45) is 0 Å². The quantitative estimate of drug-likeness (QED) is 0.699. The monoisotopic (exact) mass is 166 g/mol. The first-order valence-corrected chi connectivity index (χ1v) is 3.64. The lowest BCUT2D eigenvalue weighted by molar-refractivity contribution is -0.139. The van der Waals surface area contributed by atoms with Crippen LogP contribution < -0.4 is 0 Å². The second-order valence-corrected chi connectivity index (χ2v) is 2.48. The van der Waals surface area contributed by atoms with E-state index in [4.69, 9.17) is 10.2 Å². The van der Waals surface area contributed by atoms with Crippen LogP contribution in [0.3, 0.4) is 0 Å². The molecule has 0 saturated heterocycles. The summed E-state index contributed by atoms with van der Waals surface area (Å²) < 4.78 is 0. The molecule has 0 aromatic heterocycles. The first-order chi connectivity index (χ1) is 5.75. The molecule has 0 bridgehead atoms. The van der Waals surface area contributed by atoms with Gasteiger partial charge in [-0.25, -0.2) is 0 Å². The van der Waals surface area contributed by atoms with E-state index < -0.39 is 11.9 Å². The number of aliphatic hydroxyl groups excluding tert-OH is 1. The molecule has 2 N–H and O–H groups in total. The molecule has 3 heteroatoms. The van der Waals surface area contributed by atoms with Crippen LogP contribution in [0.25, 0.3) is 0 Å². The predicted octanol–water partition coefficient (Wildman–Crippen LogP) is 0.847. The Morgan fingerprint density at radius 1 is 1.33 bits per heavy atom. The number of carboxylic acid groups (broad SMARTS) is 1. The number of hydrogen-bond donors (Lipinski definition) is 2. The standard InChI is InChI=1S/C9H10O3/c10-6-8(9(11)12)7-4-2-1-3-5-7/h1-5,8,10H,6H2,(H,11,12)/t8-/m1/s1. The van der Waals surface area contributed by atoms with E-state index in [1.807, 2.05) is 0 Å². The Balaban J connectivity index is 2.88. The van der Waals surface area contributed by atoms with Gasteiger partial charge in [-0.1, -0.05) is 30.3 Å². The van der Waals surface area contributed by atoms with Crippen LogP contribution in [-0.4, -0.2) is 22.8 Å². The Morgan fingerprint density at radius 3 is 2.33 bits per heavy atom. The number of aliphatic carboxylic acids is 1. The number of rotatable bonds is 3. The van der Waals surface area contributed by atoms with Gasteiger partial charge in [0, 0.05) is 0 Å². The van der Waals surface area contributed by atoms with Crippen molar-refractivity contribution in [2.75, 3.05) is 6.61 Å². The van der Waals surface area contributed by atoms with Crippen LogP contribution in [0.1, 0.15) is 11.5 Å². The molecule has 0 aliphatic rings. The maximum Gasteiger partial charge on any atom is 0.313 e. The lowest BCUT2D eigenvalue weighted by atomic mass is 10.0. The Labute approximate surface area is 70.3 Å². The fourth-order valence-electron chi connectivity index (χ4n) is 1.01. The Kier molecular flexibility index (Phi) is 2.82. The summed E-state index contributed by atoms with van der Waals surface area (Å²) in [7, 11) is 0. The van der Waals surface area contributed by atoms with Crippen LogP contribution in [0, 0.1) is 0 Å². The fraction of sp³-hybridized carbons (Fsp3) is 0.222. The lowest BCUT2D eigenvalue weighted by Crippen LogP contribution is -2.15. The van der Waals surface area contributed by atoms with E-state index in [1.54, 1.807) is 30.3 Å². The van der Waals surface area contributed by atoms with Crippen molar-refractivity contribution in [3.8, 4) is 0 Å². The number of benzene rings is 1. The molecule has 0 aliphatic carbocycles. The number of aliphatic hydroxyl groups is 1. The second-order valence-electron chi connectivity index (χ2n) is 2.48. The molecule has 1 aromatic carbocycles. The Morgan fingerprint density at radius 2 is 1.92 bits per heavy atom. The van der Waals surface area contributed by atoms with Gasteiger partial charge in [-0.3, -0.25) is 4.79 Å². The largest absolute Gasteiger partial charge is 0.481 e. The number of hydrogen-bond acceptors (Lipinski definition) is 2. The van der Waals surface area contributed by atoms with Gasteiger partial charge in [0.05, 0.1) is 6.61 Å². The molecule has 0 aliphatic heterocycles. The zero-order chi connectivity index (χ0) is 8.97. The zero-order valence-electron chi connectivity index (χ0n) is 6.47. The normalized spacial score (nSPS) is 12.4. The number of carbonyl (C=O) groups is 1. The molecule has 0 heterocycles. The van der Waals surface area contributed by atoms with Crippen LogP contribution in [0.2, 0.25) is 0 Å². The summed E-state index contributed by atoms with van der Waals surface area (Å²) in [6.07, 6.45) is 0. The van der Waals surface area contributed by atoms with Crippen LogP contribution >= 0.6 is 0 Å². The summed E-state index contributed by atoms with van der Waals surface area (Å²) in [5.74, 6) is -1.80. The molecule has 1 aromatic rings. The zero-order valence-corrected chi connectivity index (χ0v) is 6.47. The van der Waals surface area contributed by atoms with E-state index in [9.17, 15) is 4.79 Å². The highest BCUT2D eigenvalue weighted by Gasteiger charge is 2.17. The molecule has 0 saturated carbocycles. The minimum absolute atomic E-state index is 0.362. The molecule has 12 heavy (non-hydrogen) atoms. The predicted molar refractivity (Wildman–Crippen MR) is 43.9 cm³/mol. The summed E-state index contributed by atoms with van der Waals surface area (Å²) in [5.41, 5.74) is 0.632. The van der Waals surface area contributed by atoms with E-state index >= 15 is 0 Å². The lowest BCUT2D eigenvalue weighted by Gasteiger charge is -2.07. The van der Waals surface area contributed by atoms with Crippen LogP contribution in [0.4, 0.5) is 0 Å². The van der Waals surface area contributed by atoms with Gasteiger partial charge in [0.15, 0.2) is 0 Å². The average molecular weight is 166 g/mol. The molecule has 64 valence electrons. The van der Waals surface area contributed by atoms with Gasteiger partial charge in [-0.05, 0) is 5.56 Å². The molecule has 1 atom stereocenters. The van der Waals surface area contributed by atoms with E-state index in [2.05, 4.69) is 0 Å². The van der Waals surface area contributed by atoms with Crippen molar-refractivity contribution in [1.29, 1.82) is 0 Å². The molecule has 0 radical (unpaired) electrons. The SMILES string of the molecule is O=C(O)[C@H](CO)c1ccccc1. The molecule has 0 amide bonds. The molecule has 1 rings (SSSR count). The molecule has 0 spiro atoms. The van der Waals surface area contributed by atoms with Crippen molar-refractivity contribution >= 4 is 5.97 Å². The first-order valence-electron chi connectivity index (χ1n) is 3.64. The maximum absolute atomic E-state index is 10.6. The summed E-state index contributed by atoms with van der Waals surface area (Å²) in [6, 6.07) is 8.69. The van der Waals surface area contributed by atoms with Crippen LogP contribution in [0.15, 0.2) is 30.3 Å². The highest BCUT2D eigenvalue weighted by atomic mass is 16.4. The average Bonchev–Trinajstić information content (AvgIpc) is 2.07. The van der Waals surface area contributed by atoms with Crippen molar-refractivity contribution in [1.82, 2.24) is 0 Å². The molecule has 3 nitrogen and oxygen atoms in total. The van der Waals surface area contributed by atoms with E-state index in [0.717, 1.165) is 0 Å². The highest BCUT2D eigenvalue weighted by Crippen LogP contribution is 2.14. The summed E-state index contributed by atoms with van der Waals surface area (Å²) in [6.45, 7) is -0.362. The molecular formula is C9H10O3. The smallest absolute Gasteiger partial charge is 0.313 e. The first kappa shape index (κ1) is 8.74. The third kappa shape index (κ3) is 1.83.